The topological polar surface area (TPSA) is 54.9 Å². The number of methoxy groups -OCH3 is 1. The van der Waals surface area contributed by atoms with Gasteiger partial charge in [-0.2, -0.15) is 0 Å². The zero-order chi connectivity index (χ0) is 18.0. The summed E-state index contributed by atoms with van der Waals surface area (Å²) in [6.07, 6.45) is 5.87. The molecule has 1 aromatic rings. The van der Waals surface area contributed by atoms with Gasteiger partial charge in [-0.1, -0.05) is 31.0 Å². The number of nitrogens with zero attached hydrogens (tertiary/aromatic N) is 1. The molecule has 140 valence electrons. The molecule has 0 aliphatic heterocycles. The summed E-state index contributed by atoms with van der Waals surface area (Å²) in [6.45, 7) is 5.31. The van der Waals surface area contributed by atoms with Crippen LogP contribution in [-0.4, -0.2) is 46.4 Å². The number of nitrogens with one attached hydrogen (secondary N) is 2. The normalized spacial score (nSPS) is 16.7. The molecule has 0 spiro atoms. The number of hydrogen-bond donors (Lipinski definition) is 2. The molecule has 1 aromatic carbocycles. The second kappa shape index (κ2) is 10.3. The van der Waals surface area contributed by atoms with Crippen molar-refractivity contribution < 1.29 is 9.47 Å². The molecular formula is C20H33N3O2. The first kappa shape index (κ1) is 19.6. The number of guanidine groups is 1. The lowest BCUT2D eigenvalue weighted by Gasteiger charge is -2.32. The summed E-state index contributed by atoms with van der Waals surface area (Å²) >= 11 is 0. The van der Waals surface area contributed by atoms with Crippen molar-refractivity contribution in [2.24, 2.45) is 4.99 Å². The van der Waals surface area contributed by atoms with Crippen LogP contribution in [0.15, 0.2) is 29.3 Å². The van der Waals surface area contributed by atoms with Crippen LogP contribution in [0.4, 0.5) is 0 Å². The fourth-order valence-electron chi connectivity index (χ4n) is 3.67. The molecule has 1 aliphatic rings. The molecule has 0 heterocycles. The summed E-state index contributed by atoms with van der Waals surface area (Å²) in [6, 6.07) is 8.43. The van der Waals surface area contributed by atoms with Gasteiger partial charge in [-0.05, 0) is 32.3 Å². The Hall–Kier alpha value is -1.75. The Balaban J connectivity index is 1.97. The van der Waals surface area contributed by atoms with Crippen LogP contribution in [0, 0.1) is 0 Å². The second-order valence-corrected chi connectivity index (χ2v) is 6.59. The third-order valence-electron chi connectivity index (χ3n) is 5.02. The number of aliphatic imine (C=N–C) groups is 1. The molecule has 5 nitrogen and oxygen atoms in total. The predicted octanol–water partition coefficient (Wildman–Crippen LogP) is 3.10. The van der Waals surface area contributed by atoms with E-state index in [9.17, 15) is 0 Å². The summed E-state index contributed by atoms with van der Waals surface area (Å²) in [5.41, 5.74) is 1.43. The summed E-state index contributed by atoms with van der Waals surface area (Å²) in [5.74, 6) is 1.85. The van der Waals surface area contributed by atoms with E-state index < -0.39 is 0 Å². The van der Waals surface area contributed by atoms with Crippen molar-refractivity contribution in [3.63, 3.8) is 0 Å². The van der Waals surface area contributed by atoms with Gasteiger partial charge in [0.2, 0.25) is 0 Å². The van der Waals surface area contributed by atoms with E-state index in [0.717, 1.165) is 44.4 Å². The van der Waals surface area contributed by atoms with Gasteiger partial charge in [0.1, 0.15) is 5.75 Å². The second-order valence-electron chi connectivity index (χ2n) is 6.59. The Bertz CT molecular complexity index is 539. The highest BCUT2D eigenvalue weighted by molar-refractivity contribution is 5.79. The highest BCUT2D eigenvalue weighted by Gasteiger charge is 2.37. The van der Waals surface area contributed by atoms with Crippen molar-refractivity contribution in [3.8, 4) is 5.75 Å². The van der Waals surface area contributed by atoms with Crippen molar-refractivity contribution in [2.45, 2.75) is 44.4 Å². The third kappa shape index (κ3) is 5.36. The quantitative estimate of drug-likeness (QED) is 0.409. The van der Waals surface area contributed by atoms with Crippen LogP contribution in [-0.2, 0) is 10.2 Å². The Morgan fingerprint density at radius 3 is 2.64 bits per heavy atom. The average Bonchev–Trinajstić information content (AvgIpc) is 3.14. The van der Waals surface area contributed by atoms with Crippen molar-refractivity contribution in [1.29, 1.82) is 0 Å². The minimum atomic E-state index is 0.121. The first-order valence-corrected chi connectivity index (χ1v) is 9.41. The molecule has 0 unspecified atom stereocenters. The molecular weight excluding hydrogens is 314 g/mol. The molecule has 0 atom stereocenters. The SMILES string of the molecule is CCOCCCNC(=NC)NCC1(c2ccccc2OC)CCCC1. The van der Waals surface area contributed by atoms with Gasteiger partial charge in [-0.25, -0.2) is 0 Å². The largest absolute Gasteiger partial charge is 0.496 e. The summed E-state index contributed by atoms with van der Waals surface area (Å²) < 4.78 is 11.0. The molecule has 5 heteroatoms. The van der Waals surface area contributed by atoms with Crippen LogP contribution < -0.4 is 15.4 Å². The van der Waals surface area contributed by atoms with E-state index >= 15 is 0 Å². The van der Waals surface area contributed by atoms with E-state index in [4.69, 9.17) is 9.47 Å². The molecule has 25 heavy (non-hydrogen) atoms. The first-order chi connectivity index (χ1) is 12.3. The molecule has 0 radical (unpaired) electrons. The number of benzene rings is 1. The summed E-state index contributed by atoms with van der Waals surface area (Å²) in [7, 11) is 3.58. The predicted molar refractivity (Wildman–Crippen MR) is 104 cm³/mol. The lowest BCUT2D eigenvalue weighted by Crippen LogP contribution is -2.45. The Morgan fingerprint density at radius 2 is 1.96 bits per heavy atom. The Kier molecular flexibility index (Phi) is 8.06. The lowest BCUT2D eigenvalue weighted by molar-refractivity contribution is 0.145. The Labute approximate surface area is 152 Å². The maximum Gasteiger partial charge on any atom is 0.191 e. The maximum atomic E-state index is 5.63. The van der Waals surface area contributed by atoms with Crippen molar-refractivity contribution in [2.75, 3.05) is 40.5 Å². The fourth-order valence-corrected chi connectivity index (χ4v) is 3.67. The van der Waals surface area contributed by atoms with Gasteiger partial charge in [0.15, 0.2) is 5.96 Å². The van der Waals surface area contributed by atoms with E-state index in [1.807, 2.05) is 20.0 Å². The number of para-hydroxylation sites is 1. The molecule has 0 amide bonds. The van der Waals surface area contributed by atoms with Crippen molar-refractivity contribution in [1.82, 2.24) is 10.6 Å². The minimum absolute atomic E-state index is 0.121. The smallest absolute Gasteiger partial charge is 0.191 e. The maximum absolute atomic E-state index is 5.63. The van der Waals surface area contributed by atoms with Gasteiger partial charge in [-0.15, -0.1) is 0 Å². The van der Waals surface area contributed by atoms with Gasteiger partial charge in [0.05, 0.1) is 7.11 Å². The summed E-state index contributed by atoms with van der Waals surface area (Å²) in [5, 5.41) is 6.91. The monoisotopic (exact) mass is 347 g/mol. The van der Waals surface area contributed by atoms with Crippen molar-refractivity contribution >= 4 is 5.96 Å². The van der Waals surface area contributed by atoms with E-state index in [1.54, 1.807) is 7.11 Å². The van der Waals surface area contributed by atoms with Gasteiger partial charge >= 0.3 is 0 Å². The van der Waals surface area contributed by atoms with Gasteiger partial charge in [-0.3, -0.25) is 4.99 Å². The first-order valence-electron chi connectivity index (χ1n) is 9.41. The van der Waals surface area contributed by atoms with Crippen LogP contribution in [0.3, 0.4) is 0 Å². The standard InChI is InChI=1S/C20H33N3O2/c1-4-25-15-9-14-22-19(21-2)23-16-20(12-7-8-13-20)17-10-5-6-11-18(17)24-3/h5-6,10-11H,4,7-9,12-16H2,1-3H3,(H2,21,22,23). The lowest BCUT2D eigenvalue weighted by atomic mass is 9.78. The number of hydrogen-bond acceptors (Lipinski definition) is 3. The molecule has 2 N–H and O–H groups in total. The highest BCUT2D eigenvalue weighted by atomic mass is 16.5. The zero-order valence-electron chi connectivity index (χ0n) is 15.9. The van der Waals surface area contributed by atoms with E-state index in [1.165, 1.54) is 31.2 Å². The van der Waals surface area contributed by atoms with Crippen LogP contribution in [0.2, 0.25) is 0 Å². The molecule has 0 bridgehead atoms. The van der Waals surface area contributed by atoms with Crippen LogP contribution in [0.25, 0.3) is 0 Å². The fraction of sp³-hybridized carbons (Fsp3) is 0.650. The number of rotatable bonds is 9. The van der Waals surface area contributed by atoms with Gasteiger partial charge < -0.3 is 20.1 Å². The van der Waals surface area contributed by atoms with Crippen LogP contribution in [0.1, 0.15) is 44.6 Å². The van der Waals surface area contributed by atoms with Gasteiger partial charge in [0, 0.05) is 44.3 Å². The molecule has 1 fully saturated rings. The van der Waals surface area contributed by atoms with Crippen molar-refractivity contribution in [3.05, 3.63) is 29.8 Å². The zero-order valence-corrected chi connectivity index (χ0v) is 15.9. The van der Waals surface area contributed by atoms with Gasteiger partial charge in [0.25, 0.3) is 0 Å². The molecule has 0 saturated heterocycles. The molecule has 1 aliphatic carbocycles. The molecule has 0 aromatic heterocycles. The van der Waals surface area contributed by atoms with Crippen LogP contribution in [0.5, 0.6) is 5.75 Å². The van der Waals surface area contributed by atoms with Crippen LogP contribution >= 0.6 is 0 Å². The molecule has 2 rings (SSSR count). The highest BCUT2D eigenvalue weighted by Crippen LogP contribution is 2.44. The Morgan fingerprint density at radius 1 is 1.20 bits per heavy atom. The van der Waals surface area contributed by atoms with E-state index in [0.29, 0.717) is 0 Å². The summed E-state index contributed by atoms with van der Waals surface area (Å²) in [4.78, 5) is 4.36. The van der Waals surface area contributed by atoms with E-state index in [2.05, 4.69) is 33.8 Å². The third-order valence-corrected chi connectivity index (χ3v) is 5.02. The number of ether oxygens (including phenoxy) is 2. The molecule has 1 saturated carbocycles. The minimum Gasteiger partial charge on any atom is -0.496 e. The average molecular weight is 348 g/mol. The van der Waals surface area contributed by atoms with E-state index in [-0.39, 0.29) is 5.41 Å².